The van der Waals surface area contributed by atoms with E-state index in [1.54, 1.807) is 4.68 Å². The van der Waals surface area contributed by atoms with Gasteiger partial charge in [-0.25, -0.2) is 9.97 Å². The number of aryl methyl sites for hydroxylation is 2. The van der Waals surface area contributed by atoms with Crippen molar-refractivity contribution in [2.45, 2.75) is 19.8 Å². The number of phenolic OH excluding ortho intramolecular Hbond substituents is 1. The summed E-state index contributed by atoms with van der Waals surface area (Å²) in [6, 6.07) is 9.93. The summed E-state index contributed by atoms with van der Waals surface area (Å²) in [6.07, 6.45) is 4.41. The molecule has 0 saturated carbocycles. The number of fused-ring (bicyclic) bond motifs is 2. The first-order valence-corrected chi connectivity index (χ1v) is 9.29. The monoisotopic (exact) mass is 359 g/mol. The Kier molecular flexibility index (Phi) is 3.53. The van der Waals surface area contributed by atoms with Gasteiger partial charge in [0.1, 0.15) is 11.6 Å². The number of benzene rings is 1. The maximum Gasteiger partial charge on any atom is 0.130 e. The lowest BCUT2D eigenvalue weighted by molar-refractivity contribution is 0.474. The number of nitrogens with zero attached hydrogens (tertiary/aromatic N) is 5. The lowest BCUT2D eigenvalue weighted by Gasteiger charge is -2.16. The van der Waals surface area contributed by atoms with Crippen molar-refractivity contribution in [2.75, 3.05) is 18.0 Å². The van der Waals surface area contributed by atoms with Crippen LogP contribution < -0.4 is 4.90 Å². The van der Waals surface area contributed by atoms with Gasteiger partial charge < -0.3 is 10.0 Å². The second-order valence-corrected chi connectivity index (χ2v) is 7.24. The van der Waals surface area contributed by atoms with E-state index in [-0.39, 0.29) is 5.75 Å². The van der Waals surface area contributed by atoms with Gasteiger partial charge in [0.05, 0.1) is 22.2 Å². The van der Waals surface area contributed by atoms with E-state index in [0.29, 0.717) is 0 Å². The summed E-state index contributed by atoms with van der Waals surface area (Å²) in [5, 5.41) is 16.1. The predicted molar refractivity (Wildman–Crippen MR) is 107 cm³/mol. The third-order valence-electron chi connectivity index (χ3n) is 5.36. The van der Waals surface area contributed by atoms with Gasteiger partial charge in [-0.3, -0.25) is 4.68 Å². The fourth-order valence-electron chi connectivity index (χ4n) is 3.91. The Labute approximate surface area is 157 Å². The maximum absolute atomic E-state index is 10.7. The summed E-state index contributed by atoms with van der Waals surface area (Å²) in [4.78, 5) is 11.9. The molecule has 3 aromatic heterocycles. The molecule has 4 aromatic rings. The zero-order valence-corrected chi connectivity index (χ0v) is 15.5. The van der Waals surface area contributed by atoms with Crippen LogP contribution in [0.5, 0.6) is 5.75 Å². The molecule has 6 nitrogen and oxygen atoms in total. The molecule has 1 saturated heterocycles. The van der Waals surface area contributed by atoms with Crippen LogP contribution in [-0.2, 0) is 7.05 Å². The molecular weight excluding hydrogens is 338 g/mol. The highest BCUT2D eigenvalue weighted by Gasteiger charge is 2.16. The molecule has 0 radical (unpaired) electrons. The summed E-state index contributed by atoms with van der Waals surface area (Å²) >= 11 is 0. The van der Waals surface area contributed by atoms with Gasteiger partial charge in [-0.1, -0.05) is 0 Å². The highest BCUT2D eigenvalue weighted by atomic mass is 16.3. The molecule has 1 aliphatic heterocycles. The molecule has 5 rings (SSSR count). The fourth-order valence-corrected chi connectivity index (χ4v) is 3.91. The van der Waals surface area contributed by atoms with Crippen LogP contribution in [0, 0.1) is 6.92 Å². The Morgan fingerprint density at radius 3 is 2.56 bits per heavy atom. The molecule has 0 unspecified atom stereocenters. The first-order valence-electron chi connectivity index (χ1n) is 9.29. The minimum absolute atomic E-state index is 0.231. The number of anilines is 1. The molecule has 0 aliphatic carbocycles. The zero-order chi connectivity index (χ0) is 18.5. The van der Waals surface area contributed by atoms with Crippen LogP contribution in [0.15, 0.2) is 36.5 Å². The van der Waals surface area contributed by atoms with E-state index in [9.17, 15) is 5.11 Å². The first-order chi connectivity index (χ1) is 13.1. The SMILES string of the molecule is Cc1c(O)c(-c2ccc3nc(N4CCCC4)ccc3n2)cc2cn(C)nc12. The second-order valence-electron chi connectivity index (χ2n) is 7.24. The molecule has 0 amide bonds. The molecule has 1 aliphatic rings. The van der Waals surface area contributed by atoms with E-state index in [1.165, 1.54) is 12.8 Å². The van der Waals surface area contributed by atoms with Gasteiger partial charge in [-0.05, 0) is 50.1 Å². The third kappa shape index (κ3) is 2.60. The summed E-state index contributed by atoms with van der Waals surface area (Å²) in [5.74, 6) is 1.25. The second kappa shape index (κ2) is 5.94. The molecular formula is C21H21N5O. The van der Waals surface area contributed by atoms with E-state index in [1.807, 2.05) is 50.5 Å². The van der Waals surface area contributed by atoms with Crippen LogP contribution in [0.3, 0.4) is 0 Å². The van der Waals surface area contributed by atoms with Gasteiger partial charge in [-0.2, -0.15) is 5.10 Å². The number of phenols is 1. The largest absolute Gasteiger partial charge is 0.507 e. The maximum atomic E-state index is 10.7. The van der Waals surface area contributed by atoms with E-state index in [0.717, 1.165) is 57.7 Å². The topological polar surface area (TPSA) is 67.1 Å². The molecule has 27 heavy (non-hydrogen) atoms. The van der Waals surface area contributed by atoms with Crippen molar-refractivity contribution >= 4 is 27.8 Å². The number of pyridine rings is 2. The van der Waals surface area contributed by atoms with Crippen molar-refractivity contribution in [2.24, 2.45) is 7.05 Å². The van der Waals surface area contributed by atoms with Crippen molar-refractivity contribution in [3.8, 4) is 17.0 Å². The van der Waals surface area contributed by atoms with Gasteiger partial charge in [0.2, 0.25) is 0 Å². The first kappa shape index (κ1) is 16.1. The van der Waals surface area contributed by atoms with Gasteiger partial charge in [-0.15, -0.1) is 0 Å². The quantitative estimate of drug-likeness (QED) is 0.590. The van der Waals surface area contributed by atoms with E-state index >= 15 is 0 Å². The average Bonchev–Trinajstić information content (AvgIpc) is 3.33. The van der Waals surface area contributed by atoms with Crippen molar-refractivity contribution in [3.63, 3.8) is 0 Å². The van der Waals surface area contributed by atoms with Crippen molar-refractivity contribution < 1.29 is 5.11 Å². The molecule has 6 heteroatoms. The number of hydrogen-bond acceptors (Lipinski definition) is 5. The number of aromatic nitrogens is 4. The number of hydrogen-bond donors (Lipinski definition) is 1. The Morgan fingerprint density at radius 1 is 1.00 bits per heavy atom. The van der Waals surface area contributed by atoms with Crippen LogP contribution in [-0.4, -0.2) is 37.9 Å². The average molecular weight is 359 g/mol. The molecule has 1 fully saturated rings. The predicted octanol–water partition coefficient (Wildman–Crippen LogP) is 3.80. The van der Waals surface area contributed by atoms with Gasteiger partial charge in [0.15, 0.2) is 0 Å². The smallest absolute Gasteiger partial charge is 0.130 e. The van der Waals surface area contributed by atoms with Gasteiger partial charge in [0, 0.05) is 42.8 Å². The molecule has 0 bridgehead atoms. The molecule has 1 aromatic carbocycles. The Hall–Kier alpha value is -3.15. The molecule has 0 atom stereocenters. The molecule has 136 valence electrons. The third-order valence-corrected chi connectivity index (χ3v) is 5.36. The Balaban J connectivity index is 1.61. The Morgan fingerprint density at radius 2 is 1.74 bits per heavy atom. The van der Waals surface area contributed by atoms with E-state index in [4.69, 9.17) is 9.97 Å². The fraction of sp³-hybridized carbons (Fsp3) is 0.286. The lowest BCUT2D eigenvalue weighted by Crippen LogP contribution is -2.18. The minimum atomic E-state index is 0.231. The highest BCUT2D eigenvalue weighted by Crippen LogP contribution is 2.36. The minimum Gasteiger partial charge on any atom is -0.507 e. The standard InChI is InChI=1S/C21H21N5O/c1-13-20-14(12-25(2)24-20)11-15(21(13)27)16-5-6-18-17(22-16)7-8-19(23-18)26-9-3-4-10-26/h5-8,11-12,27H,3-4,9-10H2,1-2H3. The van der Waals surface area contributed by atoms with Crippen LogP contribution in [0.25, 0.3) is 33.2 Å². The van der Waals surface area contributed by atoms with Crippen LogP contribution >= 0.6 is 0 Å². The lowest BCUT2D eigenvalue weighted by atomic mass is 10.0. The number of rotatable bonds is 2. The summed E-state index contributed by atoms with van der Waals surface area (Å²) in [5.41, 5.74) is 4.76. The van der Waals surface area contributed by atoms with Gasteiger partial charge >= 0.3 is 0 Å². The van der Waals surface area contributed by atoms with E-state index < -0.39 is 0 Å². The highest BCUT2D eigenvalue weighted by molar-refractivity contribution is 5.91. The van der Waals surface area contributed by atoms with Gasteiger partial charge in [0.25, 0.3) is 0 Å². The van der Waals surface area contributed by atoms with Crippen LogP contribution in [0.1, 0.15) is 18.4 Å². The zero-order valence-electron chi connectivity index (χ0n) is 15.5. The van der Waals surface area contributed by atoms with Crippen molar-refractivity contribution in [1.29, 1.82) is 0 Å². The number of aromatic hydroxyl groups is 1. The van der Waals surface area contributed by atoms with Crippen molar-refractivity contribution in [1.82, 2.24) is 19.7 Å². The molecule has 0 spiro atoms. The summed E-state index contributed by atoms with van der Waals surface area (Å²) < 4.78 is 1.76. The molecule has 4 heterocycles. The normalized spacial score (nSPS) is 14.5. The van der Waals surface area contributed by atoms with Crippen molar-refractivity contribution in [3.05, 3.63) is 42.1 Å². The van der Waals surface area contributed by atoms with Crippen LogP contribution in [0.2, 0.25) is 0 Å². The Bertz CT molecular complexity index is 1170. The summed E-state index contributed by atoms with van der Waals surface area (Å²) in [7, 11) is 1.88. The molecule has 1 N–H and O–H groups in total. The summed E-state index contributed by atoms with van der Waals surface area (Å²) in [6.45, 7) is 4.03. The van der Waals surface area contributed by atoms with Crippen LogP contribution in [0.4, 0.5) is 5.82 Å². The van der Waals surface area contributed by atoms with E-state index in [2.05, 4.69) is 10.00 Å².